The fourth-order valence-corrected chi connectivity index (χ4v) is 2.83. The minimum Gasteiger partial charge on any atom is -0.389 e. The van der Waals surface area contributed by atoms with E-state index in [0.29, 0.717) is 12.1 Å². The molecular weight excluding hydrogens is 279 g/mol. The molecule has 0 aliphatic rings. The van der Waals surface area contributed by atoms with E-state index < -0.39 is 0 Å². The molecule has 2 rings (SSSR count). The molecule has 1 aromatic carbocycles. The van der Waals surface area contributed by atoms with Crippen molar-refractivity contribution in [1.82, 2.24) is 0 Å². The standard InChI is InChI=1S/C14H15FN2S2/c1-2-10-4-5-11(19-10)8-17-13-6-3-9(15)7-12(13)14(16)18/h3-7,17H,2,8H2,1H3,(H2,16,18). The first-order chi connectivity index (χ1) is 9.10. The fraction of sp³-hybridized carbons (Fsp3) is 0.214. The summed E-state index contributed by atoms with van der Waals surface area (Å²) in [5.74, 6) is -0.335. The molecule has 0 radical (unpaired) electrons. The summed E-state index contributed by atoms with van der Waals surface area (Å²) < 4.78 is 13.2. The van der Waals surface area contributed by atoms with Gasteiger partial charge in [0.05, 0.1) is 0 Å². The summed E-state index contributed by atoms with van der Waals surface area (Å²) in [5, 5.41) is 3.25. The average Bonchev–Trinajstić information content (AvgIpc) is 2.85. The van der Waals surface area contributed by atoms with Gasteiger partial charge in [0.2, 0.25) is 0 Å². The summed E-state index contributed by atoms with van der Waals surface area (Å²) in [4.78, 5) is 2.78. The van der Waals surface area contributed by atoms with Crippen LogP contribution in [0, 0.1) is 5.82 Å². The van der Waals surface area contributed by atoms with E-state index in [9.17, 15) is 4.39 Å². The number of aryl methyl sites for hydroxylation is 1. The predicted octanol–water partition coefficient (Wildman–Crippen LogP) is 3.70. The smallest absolute Gasteiger partial charge is 0.124 e. The number of hydrogen-bond acceptors (Lipinski definition) is 3. The third kappa shape index (κ3) is 3.52. The molecule has 0 amide bonds. The Kier molecular flexibility index (Phi) is 4.50. The monoisotopic (exact) mass is 294 g/mol. The van der Waals surface area contributed by atoms with Crippen LogP contribution in [0.2, 0.25) is 0 Å². The van der Waals surface area contributed by atoms with Crippen molar-refractivity contribution >= 4 is 34.2 Å². The topological polar surface area (TPSA) is 38.0 Å². The first-order valence-electron chi connectivity index (χ1n) is 6.01. The zero-order valence-corrected chi connectivity index (χ0v) is 12.2. The minimum atomic E-state index is -0.335. The van der Waals surface area contributed by atoms with Gasteiger partial charge in [-0.1, -0.05) is 19.1 Å². The fourth-order valence-electron chi connectivity index (χ4n) is 1.76. The van der Waals surface area contributed by atoms with Crippen molar-refractivity contribution in [3.8, 4) is 0 Å². The number of thiophene rings is 1. The number of benzene rings is 1. The Morgan fingerprint density at radius 2 is 2.05 bits per heavy atom. The van der Waals surface area contributed by atoms with Gasteiger partial charge >= 0.3 is 0 Å². The Morgan fingerprint density at radius 1 is 1.32 bits per heavy atom. The summed E-state index contributed by atoms with van der Waals surface area (Å²) >= 11 is 6.71. The molecule has 5 heteroatoms. The lowest BCUT2D eigenvalue weighted by Gasteiger charge is -2.10. The number of anilines is 1. The van der Waals surface area contributed by atoms with Crippen molar-refractivity contribution < 1.29 is 4.39 Å². The Labute approximate surface area is 121 Å². The minimum absolute atomic E-state index is 0.197. The lowest BCUT2D eigenvalue weighted by Crippen LogP contribution is -2.13. The van der Waals surface area contributed by atoms with E-state index >= 15 is 0 Å². The maximum absolute atomic E-state index is 13.2. The molecular formula is C14H15FN2S2. The highest BCUT2D eigenvalue weighted by Crippen LogP contribution is 2.21. The summed E-state index contributed by atoms with van der Waals surface area (Å²) in [7, 11) is 0. The normalized spacial score (nSPS) is 10.4. The van der Waals surface area contributed by atoms with Crippen LogP contribution in [-0.4, -0.2) is 4.99 Å². The highest BCUT2D eigenvalue weighted by Gasteiger charge is 2.07. The van der Waals surface area contributed by atoms with Crippen molar-refractivity contribution in [2.24, 2.45) is 5.73 Å². The van der Waals surface area contributed by atoms with Gasteiger partial charge in [-0.2, -0.15) is 0 Å². The molecule has 1 heterocycles. The second-order valence-corrected chi connectivity index (χ2v) is 5.82. The van der Waals surface area contributed by atoms with Crippen LogP contribution in [0.25, 0.3) is 0 Å². The number of hydrogen-bond donors (Lipinski definition) is 2. The third-order valence-corrected chi connectivity index (χ3v) is 4.22. The molecule has 0 aliphatic heterocycles. The van der Waals surface area contributed by atoms with Gasteiger partial charge in [-0.3, -0.25) is 0 Å². The van der Waals surface area contributed by atoms with Crippen molar-refractivity contribution in [2.75, 3.05) is 5.32 Å². The van der Waals surface area contributed by atoms with E-state index in [4.69, 9.17) is 18.0 Å². The number of nitrogens with two attached hydrogens (primary N) is 1. The van der Waals surface area contributed by atoms with Crippen molar-refractivity contribution in [3.63, 3.8) is 0 Å². The Balaban J connectivity index is 2.12. The molecule has 0 atom stereocenters. The second kappa shape index (κ2) is 6.12. The Hall–Kier alpha value is -1.46. The van der Waals surface area contributed by atoms with Gasteiger partial charge in [-0.25, -0.2) is 4.39 Å². The van der Waals surface area contributed by atoms with E-state index in [1.54, 1.807) is 17.4 Å². The quantitative estimate of drug-likeness (QED) is 0.826. The van der Waals surface area contributed by atoms with Crippen LogP contribution in [-0.2, 0) is 13.0 Å². The highest BCUT2D eigenvalue weighted by atomic mass is 32.1. The van der Waals surface area contributed by atoms with Crippen molar-refractivity contribution in [1.29, 1.82) is 0 Å². The summed E-state index contributed by atoms with van der Waals surface area (Å²) in [6, 6.07) is 8.64. The van der Waals surface area contributed by atoms with E-state index in [-0.39, 0.29) is 10.8 Å². The molecule has 0 fully saturated rings. The van der Waals surface area contributed by atoms with Crippen LogP contribution in [0.4, 0.5) is 10.1 Å². The SMILES string of the molecule is CCc1ccc(CNc2ccc(F)cc2C(N)=S)s1. The molecule has 100 valence electrons. The van der Waals surface area contributed by atoms with Gasteiger partial charge < -0.3 is 11.1 Å². The van der Waals surface area contributed by atoms with E-state index in [2.05, 4.69) is 24.4 Å². The van der Waals surface area contributed by atoms with Gasteiger partial charge in [0.1, 0.15) is 10.8 Å². The molecule has 2 aromatic rings. The largest absolute Gasteiger partial charge is 0.389 e. The van der Waals surface area contributed by atoms with Crippen molar-refractivity contribution in [2.45, 2.75) is 19.9 Å². The average molecular weight is 294 g/mol. The van der Waals surface area contributed by atoms with Gasteiger partial charge in [0.15, 0.2) is 0 Å². The number of rotatable bonds is 5. The lowest BCUT2D eigenvalue weighted by atomic mass is 10.1. The third-order valence-electron chi connectivity index (χ3n) is 2.77. The predicted molar refractivity (Wildman–Crippen MR) is 83.3 cm³/mol. The maximum atomic E-state index is 13.2. The van der Waals surface area contributed by atoms with E-state index in [1.165, 1.54) is 21.9 Å². The van der Waals surface area contributed by atoms with Crippen LogP contribution in [0.1, 0.15) is 22.2 Å². The maximum Gasteiger partial charge on any atom is 0.124 e. The molecule has 19 heavy (non-hydrogen) atoms. The first kappa shape index (κ1) is 14.0. The van der Waals surface area contributed by atoms with Crippen LogP contribution in [0.3, 0.4) is 0 Å². The van der Waals surface area contributed by atoms with Gasteiger partial charge in [0.25, 0.3) is 0 Å². The molecule has 2 nitrogen and oxygen atoms in total. The molecule has 1 aromatic heterocycles. The van der Waals surface area contributed by atoms with E-state index in [0.717, 1.165) is 12.1 Å². The molecule has 0 unspecified atom stereocenters. The van der Waals surface area contributed by atoms with Crippen LogP contribution < -0.4 is 11.1 Å². The number of halogens is 1. The molecule has 0 aliphatic carbocycles. The van der Waals surface area contributed by atoms with Gasteiger partial charge in [0, 0.05) is 27.5 Å². The zero-order valence-electron chi connectivity index (χ0n) is 10.6. The molecule has 0 bridgehead atoms. The summed E-state index contributed by atoms with van der Waals surface area (Å²) in [6.07, 6.45) is 1.04. The van der Waals surface area contributed by atoms with Gasteiger partial charge in [-0.15, -0.1) is 11.3 Å². The second-order valence-electron chi connectivity index (χ2n) is 4.13. The molecule has 0 spiro atoms. The highest BCUT2D eigenvalue weighted by molar-refractivity contribution is 7.80. The van der Waals surface area contributed by atoms with Gasteiger partial charge in [-0.05, 0) is 36.8 Å². The number of nitrogens with one attached hydrogen (secondary N) is 1. The zero-order chi connectivity index (χ0) is 13.8. The van der Waals surface area contributed by atoms with Crippen LogP contribution in [0.15, 0.2) is 30.3 Å². The molecule has 0 saturated heterocycles. The van der Waals surface area contributed by atoms with Crippen LogP contribution >= 0.6 is 23.6 Å². The lowest BCUT2D eigenvalue weighted by molar-refractivity contribution is 0.627. The first-order valence-corrected chi connectivity index (χ1v) is 7.23. The van der Waals surface area contributed by atoms with Crippen LogP contribution in [0.5, 0.6) is 0 Å². The number of thiocarbonyl (C=S) groups is 1. The summed E-state index contributed by atoms with van der Waals surface area (Å²) in [5.41, 5.74) is 6.91. The molecule has 0 saturated carbocycles. The summed E-state index contributed by atoms with van der Waals surface area (Å²) in [6.45, 7) is 2.82. The van der Waals surface area contributed by atoms with Crippen molar-refractivity contribution in [3.05, 3.63) is 51.5 Å². The molecule has 3 N–H and O–H groups in total. The Bertz CT molecular complexity index is 593. The van der Waals surface area contributed by atoms with E-state index in [1.807, 2.05) is 0 Å². The Morgan fingerprint density at radius 3 is 2.68 bits per heavy atom.